The normalized spacial score (nSPS) is 35.7. The summed E-state index contributed by atoms with van der Waals surface area (Å²) in [5, 5.41) is 34.2. The minimum absolute atomic E-state index is 0.0924. The molecule has 1 aromatic heterocycles. The van der Waals surface area contributed by atoms with E-state index < -0.39 is 77.6 Å². The summed E-state index contributed by atoms with van der Waals surface area (Å²) in [5.74, 6) is -3.39. The molecule has 0 radical (unpaired) electrons. The third-order valence-corrected chi connectivity index (χ3v) is 13.1. The van der Waals surface area contributed by atoms with Crippen LogP contribution in [0.3, 0.4) is 0 Å². The first-order valence-electron chi connectivity index (χ1n) is 21.9. The number of carbonyl (C=O) groups is 3. The number of nitrogens with zero attached hydrogens (tertiary/aromatic N) is 5. The maximum atomic E-state index is 14.4. The second-order valence-corrected chi connectivity index (χ2v) is 18.1. The highest BCUT2D eigenvalue weighted by molar-refractivity contribution is 6.00. The summed E-state index contributed by atoms with van der Waals surface area (Å²) in [5.41, 5.74) is 5.74. The maximum absolute atomic E-state index is 14.4. The number of ketones is 1. The minimum Gasteiger partial charge on any atom is -0.458 e. The monoisotopic (exact) mass is 858 g/mol. The van der Waals surface area contributed by atoms with Crippen molar-refractivity contribution in [2.75, 3.05) is 46.6 Å². The molecule has 3 aliphatic rings. The van der Waals surface area contributed by atoms with Crippen molar-refractivity contribution in [3.63, 3.8) is 0 Å². The quantitative estimate of drug-likeness (QED) is 0.0980. The second-order valence-electron chi connectivity index (χ2n) is 18.1. The molecule has 1 amide bonds. The van der Waals surface area contributed by atoms with Crippen LogP contribution in [0, 0.1) is 17.8 Å². The lowest BCUT2D eigenvalue weighted by molar-refractivity contribution is -0.295. The lowest BCUT2D eigenvalue weighted by Crippen LogP contribution is -2.62. The smallest absolute Gasteiger partial charge is 0.410 e. The Morgan fingerprint density at radius 3 is 2.48 bits per heavy atom. The standard InChI is InChI=1S/C44H71N7O10/c1-11-35-44(7)38(51(42(56)61-44)19-13-12-18-50-25-33(47-48-50)30-15-14-16-31(45)22-30)32(17-20-52)46-24-26(2)23-43(6,57-10)39(28(4)36(53)29(5)40(55)59-35)60-41-37(54)34(49(8)9)21-27(3)58-41/h14-16,22,25-29,32,34-35,37-39,41,46,52,54H,11-13,17-21,23-24,45H2,1-10H3/t26-,27-,28+,29-,32-,34?,35-,37-,38-,39-,41+,43-,44-/m1/s1. The van der Waals surface area contributed by atoms with Gasteiger partial charge in [-0.05, 0) is 105 Å². The van der Waals surface area contributed by atoms with Crippen LogP contribution < -0.4 is 11.1 Å². The van der Waals surface area contributed by atoms with Crippen molar-refractivity contribution >= 4 is 23.5 Å². The van der Waals surface area contributed by atoms with Crippen LogP contribution in [0.2, 0.25) is 0 Å². The molecule has 17 nitrogen and oxygen atoms in total. The summed E-state index contributed by atoms with van der Waals surface area (Å²) in [6.45, 7) is 13.8. The summed E-state index contributed by atoms with van der Waals surface area (Å²) in [6, 6.07) is 6.06. The molecule has 5 rings (SSSR count). The number of anilines is 1. The number of ether oxygens (including phenoxy) is 5. The Balaban J connectivity index is 1.42. The number of unbranched alkanes of at least 4 members (excludes halogenated alkanes) is 1. The molecule has 342 valence electrons. The molecule has 0 bridgehead atoms. The topological polar surface area (TPSA) is 213 Å². The number of nitrogens with one attached hydrogen (secondary N) is 1. The molecule has 4 heterocycles. The number of aryl methyl sites for hydroxylation is 1. The van der Waals surface area contributed by atoms with Gasteiger partial charge >= 0.3 is 12.1 Å². The van der Waals surface area contributed by atoms with Gasteiger partial charge in [0.25, 0.3) is 0 Å². The van der Waals surface area contributed by atoms with Crippen LogP contribution in [0.15, 0.2) is 30.5 Å². The van der Waals surface area contributed by atoms with Crippen molar-refractivity contribution in [3.8, 4) is 11.3 Å². The average Bonchev–Trinajstić information content (AvgIpc) is 3.80. The number of hydrogen-bond donors (Lipinski definition) is 4. The average molecular weight is 858 g/mol. The zero-order valence-corrected chi connectivity index (χ0v) is 37.8. The third kappa shape index (κ3) is 10.9. The summed E-state index contributed by atoms with van der Waals surface area (Å²) in [7, 11) is 5.35. The highest BCUT2D eigenvalue weighted by Crippen LogP contribution is 2.41. The van der Waals surface area contributed by atoms with E-state index in [0.717, 1.165) is 5.56 Å². The predicted octanol–water partition coefficient (Wildman–Crippen LogP) is 3.65. The van der Waals surface area contributed by atoms with Crippen molar-refractivity contribution in [3.05, 3.63) is 30.5 Å². The van der Waals surface area contributed by atoms with Crippen molar-refractivity contribution in [1.29, 1.82) is 0 Å². The van der Waals surface area contributed by atoms with Gasteiger partial charge in [-0.2, -0.15) is 0 Å². The molecular formula is C44H71N7O10. The number of methoxy groups -OCH3 is 1. The molecule has 1 unspecified atom stereocenters. The fourth-order valence-corrected chi connectivity index (χ4v) is 9.67. The van der Waals surface area contributed by atoms with Crippen molar-refractivity contribution in [1.82, 2.24) is 30.1 Å². The van der Waals surface area contributed by atoms with E-state index in [2.05, 4.69) is 22.6 Å². The van der Waals surface area contributed by atoms with E-state index in [9.17, 15) is 24.6 Å². The van der Waals surface area contributed by atoms with Gasteiger partial charge in [-0.25, -0.2) is 4.79 Å². The van der Waals surface area contributed by atoms with Crippen LogP contribution in [-0.4, -0.2) is 154 Å². The maximum Gasteiger partial charge on any atom is 0.410 e. The number of cyclic esters (lactones) is 1. The van der Waals surface area contributed by atoms with Gasteiger partial charge < -0.3 is 49.8 Å². The van der Waals surface area contributed by atoms with Gasteiger partial charge in [-0.1, -0.05) is 38.1 Å². The van der Waals surface area contributed by atoms with Gasteiger partial charge in [0, 0.05) is 56.1 Å². The van der Waals surface area contributed by atoms with Crippen LogP contribution in [0.1, 0.15) is 87.0 Å². The number of aliphatic hydroxyl groups is 2. The number of amides is 1. The van der Waals surface area contributed by atoms with E-state index >= 15 is 0 Å². The Bertz CT molecular complexity index is 1780. The molecule has 0 saturated carbocycles. The number of fused-ring (bicyclic) bond motifs is 1. The molecule has 0 spiro atoms. The highest BCUT2D eigenvalue weighted by atomic mass is 16.7. The lowest BCUT2D eigenvalue weighted by Gasteiger charge is -2.46. The molecule has 0 aliphatic carbocycles. The highest BCUT2D eigenvalue weighted by Gasteiger charge is 2.59. The minimum atomic E-state index is -1.34. The molecule has 3 fully saturated rings. The summed E-state index contributed by atoms with van der Waals surface area (Å²) in [6.07, 6.45) is -0.0403. The van der Waals surface area contributed by atoms with Crippen molar-refractivity contribution in [2.45, 2.75) is 154 Å². The lowest BCUT2D eigenvalue weighted by atomic mass is 9.78. The van der Waals surface area contributed by atoms with E-state index in [0.29, 0.717) is 56.7 Å². The fourth-order valence-electron chi connectivity index (χ4n) is 9.67. The van der Waals surface area contributed by atoms with Crippen molar-refractivity contribution < 1.29 is 48.3 Å². The molecule has 17 heteroatoms. The largest absolute Gasteiger partial charge is 0.458 e. The zero-order valence-electron chi connectivity index (χ0n) is 37.8. The Labute approximate surface area is 360 Å². The Morgan fingerprint density at radius 1 is 1.10 bits per heavy atom. The number of hydrogen-bond acceptors (Lipinski definition) is 15. The first-order valence-corrected chi connectivity index (χ1v) is 21.9. The zero-order chi connectivity index (χ0) is 44.8. The number of esters is 1. The number of aromatic nitrogens is 3. The predicted molar refractivity (Wildman–Crippen MR) is 228 cm³/mol. The van der Waals surface area contributed by atoms with Crippen molar-refractivity contribution in [2.24, 2.45) is 17.8 Å². The second kappa shape index (κ2) is 20.6. The Morgan fingerprint density at radius 2 is 1.82 bits per heavy atom. The van der Waals surface area contributed by atoms with Gasteiger partial charge in [0.1, 0.15) is 23.8 Å². The van der Waals surface area contributed by atoms with E-state index in [-0.39, 0.29) is 37.5 Å². The number of Topliss-reactive ketones (excluding diaryl/α,β-unsaturated/α-hetero) is 1. The molecule has 3 saturated heterocycles. The van der Waals surface area contributed by atoms with E-state index in [4.69, 9.17) is 29.4 Å². The number of benzene rings is 1. The van der Waals surface area contributed by atoms with E-state index in [1.54, 1.807) is 30.5 Å². The van der Waals surface area contributed by atoms with Gasteiger partial charge in [-0.15, -0.1) is 5.10 Å². The molecular weight excluding hydrogens is 787 g/mol. The van der Waals surface area contributed by atoms with Gasteiger partial charge in [-0.3, -0.25) is 19.2 Å². The van der Waals surface area contributed by atoms with Crippen LogP contribution in [0.4, 0.5) is 10.5 Å². The molecule has 2 aromatic rings. The number of rotatable bonds is 13. The number of nitrogens with two attached hydrogens (primary N) is 1. The SMILES string of the molecule is CC[C@H]1OC(=O)[C@H](C)C(=O)[C@H](C)[C@@H](O[C@@H]2O[C@H](C)CC(N(C)C)[C@H]2O)[C@](C)(OC)C[C@@H](C)CN[C@H](CCO)[C@H]2N(CCCCn3cc(-c4cccc(N)c4)nn3)C(=O)O[C@]12C. The number of aliphatic hydroxyl groups excluding tert-OH is 2. The molecule has 5 N–H and O–H groups in total. The van der Waals surface area contributed by atoms with E-state index in [1.165, 1.54) is 6.92 Å². The van der Waals surface area contributed by atoms with Crippen LogP contribution in [0.5, 0.6) is 0 Å². The number of likely N-dealkylation sites (N-methyl/N-ethyl adjacent to an activating group) is 1. The van der Waals surface area contributed by atoms with E-state index in [1.807, 2.05) is 70.2 Å². The Kier molecular flexibility index (Phi) is 16.4. The van der Waals surface area contributed by atoms with Gasteiger partial charge in [0.05, 0.1) is 30.0 Å². The first kappa shape index (κ1) is 48.3. The number of carbonyl (C=O) groups excluding carboxylic acids is 3. The molecule has 13 atom stereocenters. The van der Waals surface area contributed by atoms with Gasteiger partial charge in [0.15, 0.2) is 17.7 Å². The van der Waals surface area contributed by atoms with Crippen LogP contribution in [0.25, 0.3) is 11.3 Å². The molecule has 3 aliphatic heterocycles. The summed E-state index contributed by atoms with van der Waals surface area (Å²) >= 11 is 0. The molecule has 61 heavy (non-hydrogen) atoms. The summed E-state index contributed by atoms with van der Waals surface area (Å²) < 4.78 is 33.3. The number of nitrogen functional groups attached to an aromatic ring is 1. The van der Waals surface area contributed by atoms with Crippen LogP contribution in [-0.2, 0) is 39.8 Å². The first-order chi connectivity index (χ1) is 28.9. The summed E-state index contributed by atoms with van der Waals surface area (Å²) in [4.78, 5) is 46.1. The Hall–Kier alpha value is -3.71. The third-order valence-electron chi connectivity index (χ3n) is 13.1. The molecule has 1 aromatic carbocycles. The van der Waals surface area contributed by atoms with Gasteiger partial charge in [0.2, 0.25) is 0 Å². The fraction of sp³-hybridized carbons (Fsp3) is 0.750. The van der Waals surface area contributed by atoms with Crippen LogP contribution >= 0.6 is 0 Å².